The Kier molecular flexibility index (Phi) is 6.84. The summed E-state index contributed by atoms with van der Waals surface area (Å²) in [6.45, 7) is 0.284. The van der Waals surface area contributed by atoms with Crippen LogP contribution in [-0.4, -0.2) is 73.4 Å². The van der Waals surface area contributed by atoms with Crippen LogP contribution in [0.4, 0.5) is 22.0 Å². The number of amides is 1. The SMILES string of the molecule is NC(=O)c1cc(-c2ccc(OCC3COCC(CN4CC(F)(F)C4)O3)cc2)c(C(F)(F)F)[nH]c1=O. The number of nitrogens with two attached hydrogens (primary N) is 1. The molecular weight excluding hydrogens is 481 g/mol. The van der Waals surface area contributed by atoms with Gasteiger partial charge in [-0.1, -0.05) is 12.1 Å². The number of aromatic nitrogens is 1. The predicted octanol–water partition coefficient (Wildman–Crippen LogP) is 2.27. The number of pyridine rings is 1. The third-order valence-corrected chi connectivity index (χ3v) is 5.56. The zero-order valence-corrected chi connectivity index (χ0v) is 18.2. The fraction of sp³-hybridized carbons (Fsp3) is 0.455. The Balaban J connectivity index is 1.40. The van der Waals surface area contributed by atoms with Crippen molar-refractivity contribution in [2.75, 3.05) is 39.5 Å². The highest BCUT2D eigenvalue weighted by Crippen LogP contribution is 2.36. The van der Waals surface area contributed by atoms with Crippen LogP contribution in [0.2, 0.25) is 0 Å². The first kappa shape index (κ1) is 25.1. The van der Waals surface area contributed by atoms with E-state index in [0.29, 0.717) is 12.3 Å². The van der Waals surface area contributed by atoms with Crippen LogP contribution >= 0.6 is 0 Å². The number of H-pyrrole nitrogens is 1. The minimum absolute atomic E-state index is 0.0737. The molecule has 3 N–H and O–H groups in total. The lowest BCUT2D eigenvalue weighted by Crippen LogP contribution is -2.59. The fourth-order valence-electron chi connectivity index (χ4n) is 3.97. The molecule has 2 aliphatic rings. The Morgan fingerprint density at radius 2 is 1.83 bits per heavy atom. The summed E-state index contributed by atoms with van der Waals surface area (Å²) < 4.78 is 83.3. The molecule has 35 heavy (non-hydrogen) atoms. The molecule has 190 valence electrons. The van der Waals surface area contributed by atoms with Crippen LogP contribution in [0, 0.1) is 0 Å². The van der Waals surface area contributed by atoms with Crippen LogP contribution in [0.15, 0.2) is 35.1 Å². The Bertz CT molecular complexity index is 1130. The average molecular weight is 503 g/mol. The quantitative estimate of drug-likeness (QED) is 0.562. The molecule has 1 aromatic heterocycles. The first-order valence-corrected chi connectivity index (χ1v) is 10.6. The van der Waals surface area contributed by atoms with Crippen LogP contribution in [0.1, 0.15) is 16.1 Å². The first-order chi connectivity index (χ1) is 16.4. The topological polar surface area (TPSA) is 107 Å². The van der Waals surface area contributed by atoms with E-state index in [2.05, 4.69) is 0 Å². The van der Waals surface area contributed by atoms with E-state index in [9.17, 15) is 31.5 Å². The molecule has 2 saturated heterocycles. The molecule has 0 aliphatic carbocycles. The van der Waals surface area contributed by atoms with Crippen molar-refractivity contribution in [3.63, 3.8) is 0 Å². The second-order valence-corrected chi connectivity index (χ2v) is 8.44. The third-order valence-electron chi connectivity index (χ3n) is 5.56. The second-order valence-electron chi connectivity index (χ2n) is 8.44. The second kappa shape index (κ2) is 9.55. The van der Waals surface area contributed by atoms with Gasteiger partial charge < -0.3 is 24.9 Å². The van der Waals surface area contributed by atoms with Crippen LogP contribution in [-0.2, 0) is 15.7 Å². The van der Waals surface area contributed by atoms with Crippen molar-refractivity contribution in [1.29, 1.82) is 0 Å². The number of nitrogens with zero attached hydrogens (tertiary/aromatic N) is 1. The molecule has 0 radical (unpaired) electrons. The Morgan fingerprint density at radius 3 is 2.43 bits per heavy atom. The number of halogens is 5. The molecule has 2 aliphatic heterocycles. The van der Waals surface area contributed by atoms with Gasteiger partial charge in [-0.25, -0.2) is 8.78 Å². The number of hydrogen-bond donors (Lipinski definition) is 2. The number of benzene rings is 1. The summed E-state index contributed by atoms with van der Waals surface area (Å²) in [6.07, 6.45) is -5.71. The van der Waals surface area contributed by atoms with Gasteiger partial charge in [0.1, 0.15) is 29.7 Å². The van der Waals surface area contributed by atoms with Gasteiger partial charge in [0.25, 0.3) is 17.4 Å². The van der Waals surface area contributed by atoms with Crippen molar-refractivity contribution in [1.82, 2.24) is 9.88 Å². The molecule has 2 unspecified atom stereocenters. The number of carbonyl (C=O) groups is 1. The van der Waals surface area contributed by atoms with E-state index in [0.717, 1.165) is 6.07 Å². The molecule has 13 heteroatoms. The van der Waals surface area contributed by atoms with Crippen LogP contribution in [0.25, 0.3) is 11.1 Å². The van der Waals surface area contributed by atoms with E-state index < -0.39 is 46.5 Å². The van der Waals surface area contributed by atoms with Crippen LogP contribution in [0.3, 0.4) is 0 Å². The fourth-order valence-corrected chi connectivity index (χ4v) is 3.97. The number of nitrogens with one attached hydrogen (secondary N) is 1. The van der Waals surface area contributed by atoms with Crippen molar-refractivity contribution in [2.24, 2.45) is 5.73 Å². The van der Waals surface area contributed by atoms with Gasteiger partial charge in [0.2, 0.25) is 0 Å². The van der Waals surface area contributed by atoms with Crippen LogP contribution in [0.5, 0.6) is 5.75 Å². The van der Waals surface area contributed by atoms with Crippen molar-refractivity contribution in [3.8, 4) is 16.9 Å². The Morgan fingerprint density at radius 1 is 1.17 bits per heavy atom. The summed E-state index contributed by atoms with van der Waals surface area (Å²) in [5.41, 5.74) is 1.62. The zero-order valence-electron chi connectivity index (χ0n) is 18.2. The van der Waals surface area contributed by atoms with Gasteiger partial charge in [0, 0.05) is 12.1 Å². The maximum Gasteiger partial charge on any atom is 0.431 e. The van der Waals surface area contributed by atoms with Crippen molar-refractivity contribution >= 4 is 5.91 Å². The number of aromatic amines is 1. The monoisotopic (exact) mass is 503 g/mol. The minimum Gasteiger partial charge on any atom is -0.491 e. The number of alkyl halides is 5. The summed E-state index contributed by atoms with van der Waals surface area (Å²) in [6, 6.07) is 6.34. The lowest BCUT2D eigenvalue weighted by atomic mass is 10.0. The van der Waals surface area contributed by atoms with Gasteiger partial charge in [-0.3, -0.25) is 14.5 Å². The number of ether oxygens (including phenoxy) is 3. The molecule has 0 bridgehead atoms. The maximum absolute atomic E-state index is 13.5. The van der Waals surface area contributed by atoms with E-state index in [1.807, 2.05) is 0 Å². The number of rotatable bonds is 7. The highest BCUT2D eigenvalue weighted by molar-refractivity contribution is 5.94. The highest BCUT2D eigenvalue weighted by atomic mass is 19.4. The summed E-state index contributed by atoms with van der Waals surface area (Å²) in [7, 11) is 0. The van der Waals surface area contributed by atoms with Crippen molar-refractivity contribution < 1.29 is 41.0 Å². The standard InChI is InChI=1S/C22H22F5N3O5/c23-21(24)10-30(11-21)6-14-7-33-8-15(35-14)9-34-13-3-1-12(2-4-13)16-5-17(19(28)31)20(32)29-18(16)22(25,26)27/h1-5,14-15H,6-11H2,(H2,28,31)(H,29,32). The number of likely N-dealkylation sites (tertiary alicyclic amines) is 1. The molecule has 1 amide bonds. The van der Waals surface area contributed by atoms with Gasteiger partial charge >= 0.3 is 6.18 Å². The van der Waals surface area contributed by atoms with E-state index in [4.69, 9.17) is 19.9 Å². The van der Waals surface area contributed by atoms with E-state index >= 15 is 0 Å². The van der Waals surface area contributed by atoms with Gasteiger partial charge in [0.05, 0.1) is 32.4 Å². The minimum atomic E-state index is -4.87. The number of hydrogen-bond acceptors (Lipinski definition) is 6. The van der Waals surface area contributed by atoms with E-state index in [1.165, 1.54) is 24.3 Å². The average Bonchev–Trinajstić information content (AvgIpc) is 2.76. The van der Waals surface area contributed by atoms with E-state index in [1.54, 1.807) is 9.88 Å². The number of primary amides is 1. The molecule has 8 nitrogen and oxygen atoms in total. The van der Waals surface area contributed by atoms with Crippen LogP contribution < -0.4 is 16.0 Å². The third kappa shape index (κ3) is 5.97. The zero-order chi connectivity index (χ0) is 25.4. The molecule has 3 heterocycles. The first-order valence-electron chi connectivity index (χ1n) is 10.6. The molecule has 4 rings (SSSR count). The Hall–Kier alpha value is -3.03. The summed E-state index contributed by atoms with van der Waals surface area (Å²) >= 11 is 0. The van der Waals surface area contributed by atoms with Gasteiger partial charge in [-0.15, -0.1) is 0 Å². The smallest absolute Gasteiger partial charge is 0.431 e. The van der Waals surface area contributed by atoms with Gasteiger partial charge in [-0.2, -0.15) is 13.2 Å². The van der Waals surface area contributed by atoms with Crippen molar-refractivity contribution in [3.05, 3.63) is 51.9 Å². The van der Waals surface area contributed by atoms with Gasteiger partial charge in [-0.05, 0) is 23.8 Å². The van der Waals surface area contributed by atoms with E-state index in [-0.39, 0.29) is 44.6 Å². The molecule has 0 saturated carbocycles. The normalized spacial score (nSPS) is 22.4. The summed E-state index contributed by atoms with van der Waals surface area (Å²) in [5.74, 6) is -3.49. The molecule has 2 aromatic rings. The predicted molar refractivity (Wildman–Crippen MR) is 112 cm³/mol. The lowest BCUT2D eigenvalue weighted by Gasteiger charge is -2.41. The van der Waals surface area contributed by atoms with Gasteiger partial charge in [0.15, 0.2) is 0 Å². The molecule has 0 spiro atoms. The molecule has 1 aromatic carbocycles. The Labute approximate surface area is 195 Å². The maximum atomic E-state index is 13.5. The molecule has 2 atom stereocenters. The summed E-state index contributed by atoms with van der Waals surface area (Å²) in [5, 5.41) is 0. The van der Waals surface area contributed by atoms with Crippen molar-refractivity contribution in [2.45, 2.75) is 24.3 Å². The summed E-state index contributed by atoms with van der Waals surface area (Å²) in [4.78, 5) is 26.5. The number of carbonyl (C=O) groups excluding carboxylic acids is 1. The highest BCUT2D eigenvalue weighted by Gasteiger charge is 2.44. The lowest BCUT2D eigenvalue weighted by molar-refractivity contribution is -0.182. The largest absolute Gasteiger partial charge is 0.491 e. The molecule has 2 fully saturated rings. The molecular formula is C22H22F5N3O5.